The third kappa shape index (κ3) is 3.69. The van der Waals surface area contributed by atoms with E-state index in [9.17, 15) is 8.42 Å². The van der Waals surface area contributed by atoms with Crippen molar-refractivity contribution in [2.45, 2.75) is 36.5 Å². The molecule has 1 aromatic rings. The van der Waals surface area contributed by atoms with E-state index in [-0.39, 0.29) is 6.04 Å². The van der Waals surface area contributed by atoms with Gasteiger partial charge in [0.05, 0.1) is 10.1 Å². The highest BCUT2D eigenvalue weighted by Crippen LogP contribution is 2.21. The molecule has 0 radical (unpaired) electrons. The van der Waals surface area contributed by atoms with Gasteiger partial charge in [0, 0.05) is 11.1 Å². The van der Waals surface area contributed by atoms with Crippen molar-refractivity contribution in [1.29, 1.82) is 0 Å². The molecule has 2 unspecified atom stereocenters. The first-order valence-electron chi connectivity index (χ1n) is 5.54. The van der Waals surface area contributed by atoms with Gasteiger partial charge in [-0.1, -0.05) is 11.6 Å². The van der Waals surface area contributed by atoms with Crippen molar-refractivity contribution in [3.63, 3.8) is 0 Å². The smallest absolute Gasteiger partial charge is 0.181 e. The Morgan fingerprint density at radius 3 is 2.24 bits per heavy atom. The van der Waals surface area contributed by atoms with Gasteiger partial charge in [-0.15, -0.1) is 0 Å². The van der Waals surface area contributed by atoms with Crippen LogP contribution in [-0.2, 0) is 9.84 Å². The van der Waals surface area contributed by atoms with Crippen LogP contribution in [0.25, 0.3) is 0 Å². The van der Waals surface area contributed by atoms with E-state index in [4.69, 9.17) is 11.6 Å². The maximum Gasteiger partial charge on any atom is 0.181 e. The molecule has 0 aliphatic carbocycles. The SMILES string of the molecule is CNC(C)CC(C)S(=O)(=O)c1ccc(Cl)cc1. The lowest BCUT2D eigenvalue weighted by atomic mass is 10.2. The van der Waals surface area contributed by atoms with E-state index in [1.165, 1.54) is 0 Å². The van der Waals surface area contributed by atoms with Crippen LogP contribution in [0, 0.1) is 0 Å². The van der Waals surface area contributed by atoms with E-state index in [0.717, 1.165) is 0 Å². The van der Waals surface area contributed by atoms with Crippen molar-refractivity contribution in [3.05, 3.63) is 29.3 Å². The summed E-state index contributed by atoms with van der Waals surface area (Å²) in [5, 5.41) is 3.17. The van der Waals surface area contributed by atoms with Crippen LogP contribution in [0.2, 0.25) is 5.02 Å². The minimum atomic E-state index is -3.26. The number of hydrogen-bond donors (Lipinski definition) is 1. The van der Waals surface area contributed by atoms with Crippen LogP contribution in [0.5, 0.6) is 0 Å². The lowest BCUT2D eigenvalue weighted by Gasteiger charge is -2.17. The highest BCUT2D eigenvalue weighted by molar-refractivity contribution is 7.92. The highest BCUT2D eigenvalue weighted by atomic mass is 35.5. The van der Waals surface area contributed by atoms with Crippen molar-refractivity contribution in [3.8, 4) is 0 Å². The molecule has 0 aromatic heterocycles. The quantitative estimate of drug-likeness (QED) is 0.898. The third-order valence-corrected chi connectivity index (χ3v) is 5.28. The second kappa shape index (κ2) is 5.85. The summed E-state index contributed by atoms with van der Waals surface area (Å²) >= 11 is 5.74. The Balaban J connectivity index is 2.91. The molecule has 1 N–H and O–H groups in total. The maximum absolute atomic E-state index is 12.2. The Hall–Kier alpha value is -0.580. The number of benzene rings is 1. The van der Waals surface area contributed by atoms with Crippen LogP contribution in [0.3, 0.4) is 0 Å². The predicted octanol–water partition coefficient (Wildman–Crippen LogP) is 2.50. The van der Waals surface area contributed by atoms with Crippen molar-refractivity contribution < 1.29 is 8.42 Å². The molecular weight excluding hydrogens is 258 g/mol. The van der Waals surface area contributed by atoms with Crippen molar-refractivity contribution in [2.24, 2.45) is 0 Å². The molecule has 2 atom stereocenters. The van der Waals surface area contributed by atoms with E-state index in [1.54, 1.807) is 31.2 Å². The van der Waals surface area contributed by atoms with E-state index < -0.39 is 15.1 Å². The molecule has 0 saturated heterocycles. The minimum absolute atomic E-state index is 0.173. The fourth-order valence-corrected chi connectivity index (χ4v) is 3.25. The second-order valence-electron chi connectivity index (χ2n) is 4.23. The van der Waals surface area contributed by atoms with Crippen molar-refractivity contribution >= 4 is 21.4 Å². The van der Waals surface area contributed by atoms with E-state index >= 15 is 0 Å². The van der Waals surface area contributed by atoms with Gasteiger partial charge in [0.1, 0.15) is 0 Å². The van der Waals surface area contributed by atoms with Crippen LogP contribution in [0.4, 0.5) is 0 Å². The van der Waals surface area contributed by atoms with Crippen molar-refractivity contribution in [1.82, 2.24) is 5.32 Å². The lowest BCUT2D eigenvalue weighted by Crippen LogP contribution is -2.29. The lowest BCUT2D eigenvalue weighted by molar-refractivity contribution is 0.530. The molecule has 1 aromatic carbocycles. The molecule has 0 amide bonds. The van der Waals surface area contributed by atoms with Gasteiger partial charge in [-0.25, -0.2) is 8.42 Å². The molecule has 0 bridgehead atoms. The zero-order valence-corrected chi connectivity index (χ0v) is 11.8. The normalized spacial score (nSPS) is 15.5. The number of nitrogens with one attached hydrogen (secondary N) is 1. The molecule has 3 nitrogen and oxygen atoms in total. The highest BCUT2D eigenvalue weighted by Gasteiger charge is 2.24. The molecule has 17 heavy (non-hydrogen) atoms. The summed E-state index contributed by atoms with van der Waals surface area (Å²) < 4.78 is 24.4. The van der Waals surface area contributed by atoms with Gasteiger partial charge in [-0.3, -0.25) is 0 Å². The van der Waals surface area contributed by atoms with Crippen molar-refractivity contribution in [2.75, 3.05) is 7.05 Å². The number of halogens is 1. The summed E-state index contributed by atoms with van der Waals surface area (Å²) in [6.07, 6.45) is 0.585. The zero-order valence-electron chi connectivity index (χ0n) is 10.3. The van der Waals surface area contributed by atoms with Gasteiger partial charge in [0.25, 0.3) is 0 Å². The Morgan fingerprint density at radius 2 is 1.76 bits per heavy atom. The van der Waals surface area contributed by atoms with E-state index in [0.29, 0.717) is 16.3 Å². The Labute approximate surface area is 108 Å². The number of hydrogen-bond acceptors (Lipinski definition) is 3. The first-order valence-corrected chi connectivity index (χ1v) is 7.47. The Kier molecular flexibility index (Phi) is 4.98. The van der Waals surface area contributed by atoms with E-state index in [1.807, 2.05) is 14.0 Å². The zero-order chi connectivity index (χ0) is 13.1. The average molecular weight is 276 g/mol. The maximum atomic E-state index is 12.2. The summed E-state index contributed by atoms with van der Waals surface area (Å²) in [6.45, 7) is 3.70. The van der Waals surface area contributed by atoms with Gasteiger partial charge < -0.3 is 5.32 Å². The molecular formula is C12H18ClNO2S. The van der Waals surface area contributed by atoms with Gasteiger partial charge in [-0.2, -0.15) is 0 Å². The van der Waals surface area contributed by atoms with Gasteiger partial charge in [0.15, 0.2) is 9.84 Å². The van der Waals surface area contributed by atoms with Crippen LogP contribution in [0.15, 0.2) is 29.2 Å². The fraction of sp³-hybridized carbons (Fsp3) is 0.500. The molecule has 0 fully saturated rings. The van der Waals surface area contributed by atoms with Crippen LogP contribution in [-0.4, -0.2) is 26.8 Å². The summed E-state index contributed by atoms with van der Waals surface area (Å²) in [5.74, 6) is 0. The monoisotopic (exact) mass is 275 g/mol. The first kappa shape index (κ1) is 14.5. The molecule has 0 aliphatic heterocycles. The van der Waals surface area contributed by atoms with Crippen LogP contribution < -0.4 is 5.32 Å². The van der Waals surface area contributed by atoms with Crippen LogP contribution in [0.1, 0.15) is 20.3 Å². The standard InChI is InChI=1S/C12H18ClNO2S/c1-9(14-3)8-10(2)17(15,16)12-6-4-11(13)5-7-12/h4-7,9-10,14H,8H2,1-3H3. The Bertz CT molecular complexity index is 456. The molecule has 5 heteroatoms. The molecule has 0 saturated carbocycles. The summed E-state index contributed by atoms with van der Waals surface area (Å²) in [6, 6.07) is 6.48. The third-order valence-electron chi connectivity index (χ3n) is 2.85. The fourth-order valence-electron chi connectivity index (χ4n) is 1.60. The second-order valence-corrected chi connectivity index (χ2v) is 7.04. The van der Waals surface area contributed by atoms with Crippen LogP contribution >= 0.6 is 11.6 Å². The molecule has 1 rings (SSSR count). The molecule has 0 heterocycles. The first-order chi connectivity index (χ1) is 7.87. The molecule has 0 spiro atoms. The minimum Gasteiger partial charge on any atom is -0.317 e. The molecule has 96 valence electrons. The topological polar surface area (TPSA) is 46.2 Å². The summed E-state index contributed by atoms with van der Waals surface area (Å²) in [7, 11) is -1.43. The van der Waals surface area contributed by atoms with E-state index in [2.05, 4.69) is 5.32 Å². The summed E-state index contributed by atoms with van der Waals surface area (Å²) in [5.41, 5.74) is 0. The largest absolute Gasteiger partial charge is 0.317 e. The average Bonchev–Trinajstić information content (AvgIpc) is 2.29. The summed E-state index contributed by atoms with van der Waals surface area (Å²) in [4.78, 5) is 0.331. The van der Waals surface area contributed by atoms with Gasteiger partial charge >= 0.3 is 0 Å². The van der Waals surface area contributed by atoms with Gasteiger partial charge in [0.2, 0.25) is 0 Å². The van der Waals surface area contributed by atoms with Gasteiger partial charge in [-0.05, 0) is 51.6 Å². The molecule has 0 aliphatic rings. The number of rotatable bonds is 5. The predicted molar refractivity (Wildman–Crippen MR) is 71.2 cm³/mol. The Morgan fingerprint density at radius 1 is 1.24 bits per heavy atom. The number of sulfone groups is 1.